The number of aryl methyl sites for hydroxylation is 1. The quantitative estimate of drug-likeness (QED) is 0.266. The van der Waals surface area contributed by atoms with Crippen LogP contribution in [0.1, 0.15) is 28.8 Å². The number of pyridine rings is 1. The third kappa shape index (κ3) is 6.93. The summed E-state index contributed by atoms with van der Waals surface area (Å²) >= 11 is 6.46. The Morgan fingerprint density at radius 1 is 1.15 bits per heavy atom. The summed E-state index contributed by atoms with van der Waals surface area (Å²) in [5, 5.41) is 7.53. The van der Waals surface area contributed by atoms with Gasteiger partial charge in [-0.3, -0.25) is 19.3 Å². The molecule has 1 fully saturated rings. The highest BCUT2D eigenvalue weighted by Crippen LogP contribution is 2.32. The largest absolute Gasteiger partial charge is 0.488 e. The Labute approximate surface area is 243 Å². The van der Waals surface area contributed by atoms with E-state index in [4.69, 9.17) is 21.1 Å². The van der Waals surface area contributed by atoms with Crippen molar-refractivity contribution in [2.75, 3.05) is 18.4 Å². The zero-order valence-corrected chi connectivity index (χ0v) is 23.4. The van der Waals surface area contributed by atoms with Gasteiger partial charge in [0.25, 0.3) is 5.91 Å². The van der Waals surface area contributed by atoms with Crippen molar-refractivity contribution in [3.63, 3.8) is 0 Å². The van der Waals surface area contributed by atoms with Crippen LogP contribution in [0, 0.1) is 0 Å². The van der Waals surface area contributed by atoms with Crippen molar-refractivity contribution >= 4 is 29.1 Å². The zero-order chi connectivity index (χ0) is 28.8. The van der Waals surface area contributed by atoms with E-state index in [0.29, 0.717) is 47.5 Å². The molecule has 1 saturated heterocycles. The number of likely N-dealkylation sites (tertiary alicyclic amines) is 1. The lowest BCUT2D eigenvalue weighted by molar-refractivity contribution is -0.128. The number of carbonyl (C=O) groups excluding carboxylic acids is 2. The van der Waals surface area contributed by atoms with Crippen LogP contribution in [0.15, 0.2) is 86.0 Å². The van der Waals surface area contributed by atoms with Crippen molar-refractivity contribution in [2.45, 2.75) is 25.6 Å². The van der Waals surface area contributed by atoms with Gasteiger partial charge in [-0.15, -0.1) is 0 Å². The molecule has 1 N–H and O–H groups in total. The molecule has 1 aliphatic rings. The summed E-state index contributed by atoms with van der Waals surface area (Å²) in [7, 11) is 1.84. The van der Waals surface area contributed by atoms with E-state index in [1.807, 2.05) is 37.5 Å². The van der Waals surface area contributed by atoms with Crippen molar-refractivity contribution < 1.29 is 19.1 Å². The van der Waals surface area contributed by atoms with Crippen LogP contribution in [0.4, 0.5) is 5.69 Å². The van der Waals surface area contributed by atoms with Crippen molar-refractivity contribution in [3.05, 3.63) is 102 Å². The average molecular weight is 572 g/mol. The van der Waals surface area contributed by atoms with E-state index in [1.54, 1.807) is 52.4 Å². The summed E-state index contributed by atoms with van der Waals surface area (Å²) < 4.78 is 13.9. The van der Waals surface area contributed by atoms with Gasteiger partial charge in [-0.2, -0.15) is 5.10 Å². The summed E-state index contributed by atoms with van der Waals surface area (Å²) in [6.07, 6.45) is 9.66. The molecule has 10 heteroatoms. The molecule has 1 aliphatic heterocycles. The zero-order valence-electron chi connectivity index (χ0n) is 22.6. The fourth-order valence-corrected chi connectivity index (χ4v) is 4.87. The van der Waals surface area contributed by atoms with Gasteiger partial charge in [0, 0.05) is 49.0 Å². The molecule has 3 heterocycles. The number of halogens is 1. The van der Waals surface area contributed by atoms with Gasteiger partial charge >= 0.3 is 0 Å². The summed E-state index contributed by atoms with van der Waals surface area (Å²) in [5.41, 5.74) is 3.54. The first-order chi connectivity index (χ1) is 19.9. The van der Waals surface area contributed by atoms with Crippen LogP contribution < -0.4 is 14.8 Å². The highest BCUT2D eigenvalue weighted by Gasteiger charge is 2.25. The number of anilines is 1. The Bertz CT molecular complexity index is 1560. The molecule has 210 valence electrons. The Hall–Kier alpha value is -4.63. The van der Waals surface area contributed by atoms with Crippen LogP contribution in [-0.4, -0.2) is 50.7 Å². The number of aromatic nitrogens is 3. The first-order valence-electron chi connectivity index (χ1n) is 13.2. The number of benzene rings is 2. The molecule has 2 amide bonds. The summed E-state index contributed by atoms with van der Waals surface area (Å²) in [4.78, 5) is 31.5. The monoisotopic (exact) mass is 571 g/mol. The van der Waals surface area contributed by atoms with Gasteiger partial charge < -0.3 is 19.7 Å². The second kappa shape index (κ2) is 12.7. The van der Waals surface area contributed by atoms with E-state index >= 15 is 0 Å². The number of piperidine rings is 1. The summed E-state index contributed by atoms with van der Waals surface area (Å²) in [5.74, 6) is 0.427. The maximum atomic E-state index is 13.5. The number of hydrogen-bond donors (Lipinski definition) is 1. The third-order valence-electron chi connectivity index (χ3n) is 6.73. The maximum absolute atomic E-state index is 13.5. The Kier molecular flexibility index (Phi) is 8.64. The molecule has 41 heavy (non-hydrogen) atoms. The van der Waals surface area contributed by atoms with Crippen molar-refractivity contribution in [1.82, 2.24) is 19.7 Å². The fourth-order valence-electron chi connectivity index (χ4n) is 4.64. The molecule has 0 unspecified atom stereocenters. The second-order valence-corrected chi connectivity index (χ2v) is 10.1. The van der Waals surface area contributed by atoms with Crippen molar-refractivity contribution in [1.29, 1.82) is 0 Å². The SMILES string of the molecule is C=CC(=O)N1CCC[C@@H](Oc2cc(-c3cnn(C)c3)ccc2C(=O)Nc2ccc(OCc3cccnc3)c(Cl)c2)C1. The molecule has 0 spiro atoms. The van der Waals surface area contributed by atoms with E-state index in [9.17, 15) is 9.59 Å². The minimum atomic E-state index is -0.354. The topological polar surface area (TPSA) is 98.6 Å². The standard InChI is InChI=1S/C31H30ClN5O4/c1-3-30(38)37-13-5-7-25(19-37)41-29-14-22(23-17-34-36(2)18-23)8-10-26(29)31(39)35-24-9-11-28(27(32)15-24)40-20-21-6-4-12-33-16-21/h3-4,6,8-12,14-18,25H,1,5,7,13,19-20H2,2H3,(H,35,39)/t25-/m1/s1. The summed E-state index contributed by atoms with van der Waals surface area (Å²) in [6, 6.07) is 14.3. The van der Waals surface area contributed by atoms with Crippen molar-refractivity contribution in [3.8, 4) is 22.6 Å². The number of amides is 2. The minimum absolute atomic E-state index is 0.134. The first-order valence-corrected chi connectivity index (χ1v) is 13.6. The van der Waals surface area contributed by atoms with E-state index < -0.39 is 0 Å². The third-order valence-corrected chi connectivity index (χ3v) is 7.02. The number of rotatable bonds is 9. The minimum Gasteiger partial charge on any atom is -0.488 e. The van der Waals surface area contributed by atoms with E-state index in [2.05, 4.69) is 22.0 Å². The first kappa shape index (κ1) is 27.9. The van der Waals surface area contributed by atoms with E-state index in [1.165, 1.54) is 6.08 Å². The lowest BCUT2D eigenvalue weighted by Gasteiger charge is -2.32. The van der Waals surface area contributed by atoms with Gasteiger partial charge in [0.1, 0.15) is 24.2 Å². The fraction of sp³-hybridized carbons (Fsp3) is 0.226. The molecule has 0 saturated carbocycles. The molecule has 1 atom stereocenters. The highest BCUT2D eigenvalue weighted by atomic mass is 35.5. The predicted molar refractivity (Wildman–Crippen MR) is 157 cm³/mol. The number of hydrogen-bond acceptors (Lipinski definition) is 6. The van der Waals surface area contributed by atoms with Gasteiger partial charge in [-0.1, -0.05) is 30.3 Å². The van der Waals surface area contributed by atoms with Crippen LogP contribution in [-0.2, 0) is 18.4 Å². The van der Waals surface area contributed by atoms with Gasteiger partial charge in [-0.25, -0.2) is 0 Å². The number of carbonyl (C=O) groups is 2. The lowest BCUT2D eigenvalue weighted by Crippen LogP contribution is -2.43. The maximum Gasteiger partial charge on any atom is 0.259 e. The molecular weight excluding hydrogens is 542 g/mol. The van der Waals surface area contributed by atoms with E-state index in [-0.39, 0.29) is 17.9 Å². The normalized spacial score (nSPS) is 14.8. The smallest absolute Gasteiger partial charge is 0.259 e. The molecule has 0 bridgehead atoms. The molecule has 9 nitrogen and oxygen atoms in total. The predicted octanol–water partition coefficient (Wildman–Crippen LogP) is 5.52. The van der Waals surface area contributed by atoms with Crippen LogP contribution in [0.5, 0.6) is 11.5 Å². The van der Waals surface area contributed by atoms with Crippen LogP contribution >= 0.6 is 11.6 Å². The molecule has 4 aromatic rings. The Balaban J connectivity index is 1.35. The molecule has 5 rings (SSSR count). The van der Waals surface area contributed by atoms with Gasteiger partial charge in [0.05, 0.1) is 23.3 Å². The Morgan fingerprint density at radius 2 is 2.02 bits per heavy atom. The number of nitrogens with one attached hydrogen (secondary N) is 1. The van der Waals surface area contributed by atoms with Crippen molar-refractivity contribution in [2.24, 2.45) is 7.05 Å². The van der Waals surface area contributed by atoms with Crippen LogP contribution in [0.3, 0.4) is 0 Å². The molecular formula is C31H30ClN5O4. The second-order valence-electron chi connectivity index (χ2n) is 9.73. The van der Waals surface area contributed by atoms with E-state index in [0.717, 1.165) is 29.5 Å². The Morgan fingerprint density at radius 3 is 2.76 bits per heavy atom. The number of nitrogens with zero attached hydrogens (tertiary/aromatic N) is 4. The van der Waals surface area contributed by atoms with Gasteiger partial charge in [0.15, 0.2) is 0 Å². The summed E-state index contributed by atoms with van der Waals surface area (Å²) in [6.45, 7) is 4.98. The highest BCUT2D eigenvalue weighted by molar-refractivity contribution is 6.32. The molecule has 2 aromatic carbocycles. The molecule has 0 radical (unpaired) electrons. The molecule has 0 aliphatic carbocycles. The lowest BCUT2D eigenvalue weighted by atomic mass is 10.0. The van der Waals surface area contributed by atoms with Gasteiger partial charge in [0.2, 0.25) is 5.91 Å². The van der Waals surface area contributed by atoms with Gasteiger partial charge in [-0.05, 0) is 60.9 Å². The average Bonchev–Trinajstić information content (AvgIpc) is 3.43. The molecule has 2 aromatic heterocycles. The van der Waals surface area contributed by atoms with Crippen LogP contribution in [0.25, 0.3) is 11.1 Å². The number of ether oxygens (including phenoxy) is 2. The van der Waals surface area contributed by atoms with Crippen LogP contribution in [0.2, 0.25) is 5.02 Å².